The standard InChI is InChI=1S/C8H10O2S2/c1-10-12(9)8-5-3-7(11-2)4-6-8/h3-6H,1-2H3. The zero-order valence-corrected chi connectivity index (χ0v) is 8.58. The van der Waals surface area contributed by atoms with Gasteiger partial charge in [-0.3, -0.25) is 4.18 Å². The van der Waals surface area contributed by atoms with E-state index in [1.165, 1.54) is 7.11 Å². The molecule has 0 aromatic heterocycles. The predicted molar refractivity (Wildman–Crippen MR) is 51.6 cm³/mol. The first-order chi connectivity index (χ1) is 5.77. The summed E-state index contributed by atoms with van der Waals surface area (Å²) in [5, 5.41) is 0. The summed E-state index contributed by atoms with van der Waals surface area (Å²) >= 11 is 0.347. The fraction of sp³-hybridized carbons (Fsp3) is 0.250. The number of hydrogen-bond acceptors (Lipinski definition) is 3. The van der Waals surface area contributed by atoms with Crippen LogP contribution in [0.15, 0.2) is 34.1 Å². The van der Waals surface area contributed by atoms with Gasteiger partial charge in [-0.2, -0.15) is 0 Å². The van der Waals surface area contributed by atoms with Crippen LogP contribution in [-0.2, 0) is 15.3 Å². The van der Waals surface area contributed by atoms with E-state index in [4.69, 9.17) is 0 Å². The second kappa shape index (κ2) is 4.64. The topological polar surface area (TPSA) is 26.3 Å². The smallest absolute Gasteiger partial charge is 0.188 e. The highest BCUT2D eigenvalue weighted by Gasteiger charge is 2.00. The average Bonchev–Trinajstić information content (AvgIpc) is 2.17. The molecule has 0 saturated heterocycles. The number of hydrogen-bond donors (Lipinski definition) is 0. The maximum Gasteiger partial charge on any atom is 0.188 e. The first kappa shape index (κ1) is 9.77. The van der Waals surface area contributed by atoms with Gasteiger partial charge in [-0.25, -0.2) is 4.21 Å². The maximum atomic E-state index is 11.1. The summed E-state index contributed by atoms with van der Waals surface area (Å²) in [7, 11) is 1.43. The Kier molecular flexibility index (Phi) is 3.78. The second-order valence-corrected chi connectivity index (χ2v) is 4.23. The van der Waals surface area contributed by atoms with Crippen molar-refractivity contribution in [2.75, 3.05) is 13.4 Å². The van der Waals surface area contributed by atoms with Crippen LogP contribution in [0.3, 0.4) is 0 Å². The number of thioether (sulfide) groups is 1. The van der Waals surface area contributed by atoms with Gasteiger partial charge in [0.25, 0.3) is 0 Å². The summed E-state index contributed by atoms with van der Waals surface area (Å²) in [6.45, 7) is 0. The van der Waals surface area contributed by atoms with Crippen LogP contribution >= 0.6 is 11.8 Å². The second-order valence-electron chi connectivity index (χ2n) is 2.08. The third kappa shape index (κ3) is 2.33. The summed E-state index contributed by atoms with van der Waals surface area (Å²) in [6, 6.07) is 7.48. The highest BCUT2D eigenvalue weighted by Crippen LogP contribution is 2.16. The average molecular weight is 202 g/mol. The molecule has 1 unspecified atom stereocenters. The Balaban J connectivity index is 2.84. The third-order valence-corrected chi connectivity index (χ3v) is 3.11. The molecule has 0 bridgehead atoms. The maximum absolute atomic E-state index is 11.1. The summed E-state index contributed by atoms with van der Waals surface area (Å²) in [4.78, 5) is 1.86. The van der Waals surface area contributed by atoms with Crippen molar-refractivity contribution < 1.29 is 8.39 Å². The van der Waals surface area contributed by atoms with Gasteiger partial charge in [-0.05, 0) is 30.5 Å². The first-order valence-electron chi connectivity index (χ1n) is 3.38. The predicted octanol–water partition coefficient (Wildman–Crippen LogP) is 2.08. The first-order valence-corrected chi connectivity index (χ1v) is 5.68. The van der Waals surface area contributed by atoms with Gasteiger partial charge in [0, 0.05) is 4.90 Å². The molecule has 0 heterocycles. The Morgan fingerprint density at radius 1 is 1.33 bits per heavy atom. The van der Waals surface area contributed by atoms with E-state index in [2.05, 4.69) is 4.18 Å². The van der Waals surface area contributed by atoms with E-state index in [1.54, 1.807) is 11.8 Å². The van der Waals surface area contributed by atoms with Crippen LogP contribution in [0.25, 0.3) is 0 Å². The zero-order chi connectivity index (χ0) is 8.97. The summed E-state index contributed by atoms with van der Waals surface area (Å²) < 4.78 is 15.8. The Bertz CT molecular complexity index is 269. The quantitative estimate of drug-likeness (QED) is 0.702. The van der Waals surface area contributed by atoms with E-state index in [-0.39, 0.29) is 0 Å². The molecular formula is C8H10O2S2. The van der Waals surface area contributed by atoms with Gasteiger partial charge < -0.3 is 0 Å². The monoisotopic (exact) mass is 202 g/mol. The van der Waals surface area contributed by atoms with Crippen molar-refractivity contribution in [2.45, 2.75) is 9.79 Å². The normalized spacial score (nSPS) is 12.8. The molecule has 0 aliphatic carbocycles. The fourth-order valence-electron chi connectivity index (χ4n) is 0.783. The van der Waals surface area contributed by atoms with Crippen molar-refractivity contribution in [3.63, 3.8) is 0 Å². The number of rotatable bonds is 3. The van der Waals surface area contributed by atoms with Gasteiger partial charge in [-0.1, -0.05) is 0 Å². The minimum absolute atomic E-state index is 0.704. The molecule has 1 rings (SSSR count). The van der Waals surface area contributed by atoms with E-state index >= 15 is 0 Å². The van der Waals surface area contributed by atoms with E-state index in [0.29, 0.717) is 4.90 Å². The van der Waals surface area contributed by atoms with E-state index in [0.717, 1.165) is 4.90 Å². The lowest BCUT2D eigenvalue weighted by Gasteiger charge is -1.99. The van der Waals surface area contributed by atoms with Gasteiger partial charge >= 0.3 is 0 Å². The van der Waals surface area contributed by atoms with Crippen LogP contribution in [-0.4, -0.2) is 17.6 Å². The summed E-state index contributed by atoms with van der Waals surface area (Å²) in [5.74, 6) is 0. The van der Waals surface area contributed by atoms with Crippen molar-refractivity contribution >= 4 is 22.8 Å². The summed E-state index contributed by atoms with van der Waals surface area (Å²) in [6.07, 6.45) is 2.00. The van der Waals surface area contributed by atoms with Gasteiger partial charge in [0.1, 0.15) is 0 Å². The number of benzene rings is 1. The molecule has 66 valence electrons. The van der Waals surface area contributed by atoms with Crippen LogP contribution in [0, 0.1) is 0 Å². The zero-order valence-electron chi connectivity index (χ0n) is 6.94. The lowest BCUT2D eigenvalue weighted by molar-refractivity contribution is 0.445. The Hall–Kier alpha value is -0.320. The molecule has 1 aromatic carbocycles. The minimum Gasteiger partial charge on any atom is -0.290 e. The summed E-state index contributed by atoms with van der Waals surface area (Å²) in [5.41, 5.74) is 0. The van der Waals surface area contributed by atoms with Crippen molar-refractivity contribution in [2.24, 2.45) is 0 Å². The highest BCUT2D eigenvalue weighted by atomic mass is 32.2. The van der Waals surface area contributed by atoms with Crippen LogP contribution in [0.5, 0.6) is 0 Å². The van der Waals surface area contributed by atoms with Crippen LogP contribution < -0.4 is 0 Å². The molecule has 1 aromatic rings. The van der Waals surface area contributed by atoms with Crippen LogP contribution in [0.2, 0.25) is 0 Å². The Labute approximate surface area is 79.0 Å². The fourth-order valence-corrected chi connectivity index (χ4v) is 1.74. The Morgan fingerprint density at radius 2 is 1.92 bits per heavy atom. The van der Waals surface area contributed by atoms with E-state index in [9.17, 15) is 4.21 Å². The molecule has 0 radical (unpaired) electrons. The third-order valence-electron chi connectivity index (χ3n) is 1.40. The van der Waals surface area contributed by atoms with E-state index in [1.807, 2.05) is 30.5 Å². The molecule has 0 aliphatic heterocycles. The molecule has 0 fully saturated rings. The van der Waals surface area contributed by atoms with Gasteiger partial charge in [0.05, 0.1) is 12.0 Å². The van der Waals surface area contributed by atoms with Crippen LogP contribution in [0.4, 0.5) is 0 Å². The van der Waals surface area contributed by atoms with Crippen molar-refractivity contribution in [3.8, 4) is 0 Å². The molecular weight excluding hydrogens is 192 g/mol. The lowest BCUT2D eigenvalue weighted by Crippen LogP contribution is -1.92. The SMILES string of the molecule is COS(=O)c1ccc(SC)cc1. The lowest BCUT2D eigenvalue weighted by atomic mass is 10.4. The van der Waals surface area contributed by atoms with Crippen molar-refractivity contribution in [1.29, 1.82) is 0 Å². The molecule has 12 heavy (non-hydrogen) atoms. The Morgan fingerprint density at radius 3 is 2.33 bits per heavy atom. The highest BCUT2D eigenvalue weighted by molar-refractivity contribution is 7.98. The molecule has 0 saturated carbocycles. The molecule has 4 heteroatoms. The van der Waals surface area contributed by atoms with E-state index < -0.39 is 11.1 Å². The van der Waals surface area contributed by atoms with Crippen LogP contribution in [0.1, 0.15) is 0 Å². The molecule has 0 N–H and O–H groups in total. The molecule has 0 spiro atoms. The molecule has 0 aliphatic rings. The van der Waals surface area contributed by atoms with Crippen molar-refractivity contribution in [1.82, 2.24) is 0 Å². The molecule has 2 nitrogen and oxygen atoms in total. The van der Waals surface area contributed by atoms with Gasteiger partial charge in [0.2, 0.25) is 0 Å². The largest absolute Gasteiger partial charge is 0.290 e. The van der Waals surface area contributed by atoms with Crippen molar-refractivity contribution in [3.05, 3.63) is 24.3 Å². The molecule has 0 amide bonds. The molecule has 1 atom stereocenters. The minimum atomic E-state index is -1.31. The van der Waals surface area contributed by atoms with Gasteiger partial charge in [-0.15, -0.1) is 11.8 Å². The van der Waals surface area contributed by atoms with Gasteiger partial charge in [0.15, 0.2) is 11.1 Å².